The number of amides is 2. The lowest BCUT2D eigenvalue weighted by Crippen LogP contribution is -2.43. The van der Waals surface area contributed by atoms with Gasteiger partial charge in [-0.1, -0.05) is 25.1 Å². The molecule has 1 atom stereocenters. The summed E-state index contributed by atoms with van der Waals surface area (Å²) in [5.41, 5.74) is 0.548. The SMILES string of the molecule is CC[C@H](CO)NC(=O)CN(C)C(=O)c1ccccc1. The van der Waals surface area contributed by atoms with Gasteiger partial charge in [-0.2, -0.15) is 0 Å². The first-order chi connectivity index (χ1) is 9.08. The molecular formula is C14H20N2O3. The summed E-state index contributed by atoms with van der Waals surface area (Å²) in [6.45, 7) is 1.75. The molecule has 1 aromatic carbocycles. The molecule has 0 aliphatic rings. The second-order valence-electron chi connectivity index (χ2n) is 4.38. The third-order valence-electron chi connectivity index (χ3n) is 2.83. The Morgan fingerprint density at radius 2 is 1.95 bits per heavy atom. The van der Waals surface area contributed by atoms with E-state index < -0.39 is 0 Å². The highest BCUT2D eigenvalue weighted by molar-refractivity contribution is 5.96. The third kappa shape index (κ3) is 4.71. The summed E-state index contributed by atoms with van der Waals surface area (Å²) in [5.74, 6) is -0.472. The van der Waals surface area contributed by atoms with E-state index >= 15 is 0 Å². The zero-order valence-corrected chi connectivity index (χ0v) is 11.3. The first-order valence-corrected chi connectivity index (χ1v) is 6.29. The zero-order valence-electron chi connectivity index (χ0n) is 11.3. The molecule has 1 rings (SSSR count). The lowest BCUT2D eigenvalue weighted by Gasteiger charge is -2.19. The molecule has 0 bridgehead atoms. The van der Waals surface area contributed by atoms with E-state index in [1.165, 1.54) is 4.90 Å². The molecule has 104 valence electrons. The molecule has 0 heterocycles. The van der Waals surface area contributed by atoms with Crippen molar-refractivity contribution in [2.75, 3.05) is 20.2 Å². The normalized spacial score (nSPS) is 11.7. The molecule has 0 saturated carbocycles. The Labute approximate surface area is 113 Å². The van der Waals surface area contributed by atoms with Gasteiger partial charge < -0.3 is 15.3 Å². The van der Waals surface area contributed by atoms with Crippen LogP contribution in [0.15, 0.2) is 30.3 Å². The number of likely N-dealkylation sites (N-methyl/N-ethyl adjacent to an activating group) is 1. The van der Waals surface area contributed by atoms with Crippen LogP contribution in [0.5, 0.6) is 0 Å². The van der Waals surface area contributed by atoms with Crippen LogP contribution >= 0.6 is 0 Å². The van der Waals surface area contributed by atoms with Gasteiger partial charge in [0.15, 0.2) is 0 Å². The van der Waals surface area contributed by atoms with Crippen molar-refractivity contribution in [2.24, 2.45) is 0 Å². The Kier molecular flexibility index (Phi) is 6.02. The molecule has 0 aliphatic heterocycles. The molecule has 0 aromatic heterocycles. The Morgan fingerprint density at radius 3 is 2.47 bits per heavy atom. The fourth-order valence-electron chi connectivity index (χ4n) is 1.64. The molecule has 19 heavy (non-hydrogen) atoms. The largest absolute Gasteiger partial charge is 0.394 e. The summed E-state index contributed by atoms with van der Waals surface area (Å²) in [5, 5.41) is 11.7. The van der Waals surface area contributed by atoms with Gasteiger partial charge in [-0.05, 0) is 18.6 Å². The van der Waals surface area contributed by atoms with Crippen molar-refractivity contribution in [3.05, 3.63) is 35.9 Å². The van der Waals surface area contributed by atoms with E-state index in [1.54, 1.807) is 31.3 Å². The molecular weight excluding hydrogens is 244 g/mol. The molecule has 0 spiro atoms. The highest BCUT2D eigenvalue weighted by Gasteiger charge is 2.16. The van der Waals surface area contributed by atoms with Gasteiger partial charge in [-0.3, -0.25) is 9.59 Å². The Morgan fingerprint density at radius 1 is 1.32 bits per heavy atom. The number of benzene rings is 1. The number of carbonyl (C=O) groups excluding carboxylic acids is 2. The van der Waals surface area contributed by atoms with Gasteiger partial charge in [0, 0.05) is 12.6 Å². The monoisotopic (exact) mass is 264 g/mol. The van der Waals surface area contributed by atoms with Crippen molar-refractivity contribution in [1.29, 1.82) is 0 Å². The molecule has 5 nitrogen and oxygen atoms in total. The number of carbonyl (C=O) groups is 2. The maximum absolute atomic E-state index is 12.0. The van der Waals surface area contributed by atoms with Gasteiger partial charge in [0.2, 0.25) is 5.91 Å². The van der Waals surface area contributed by atoms with Crippen LogP contribution in [-0.2, 0) is 4.79 Å². The van der Waals surface area contributed by atoms with E-state index in [0.717, 1.165) is 0 Å². The molecule has 0 saturated heterocycles. The fourth-order valence-corrected chi connectivity index (χ4v) is 1.64. The standard InChI is InChI=1S/C14H20N2O3/c1-3-12(10-17)15-13(18)9-16(2)14(19)11-7-5-4-6-8-11/h4-8,12,17H,3,9-10H2,1-2H3,(H,15,18)/t12-/m1/s1. The molecule has 2 amide bonds. The fraction of sp³-hybridized carbons (Fsp3) is 0.429. The van der Waals surface area contributed by atoms with E-state index in [9.17, 15) is 9.59 Å². The Hall–Kier alpha value is -1.88. The number of nitrogens with zero attached hydrogens (tertiary/aromatic N) is 1. The first kappa shape index (κ1) is 15.2. The topological polar surface area (TPSA) is 69.6 Å². The number of aliphatic hydroxyl groups is 1. The smallest absolute Gasteiger partial charge is 0.254 e. The first-order valence-electron chi connectivity index (χ1n) is 6.29. The number of nitrogens with one attached hydrogen (secondary N) is 1. The van der Waals surface area contributed by atoms with Crippen molar-refractivity contribution < 1.29 is 14.7 Å². The van der Waals surface area contributed by atoms with E-state index in [-0.39, 0.29) is 31.0 Å². The third-order valence-corrected chi connectivity index (χ3v) is 2.83. The van der Waals surface area contributed by atoms with Crippen LogP contribution in [0.25, 0.3) is 0 Å². The second kappa shape index (κ2) is 7.53. The van der Waals surface area contributed by atoms with E-state index in [4.69, 9.17) is 5.11 Å². The van der Waals surface area contributed by atoms with Gasteiger partial charge in [-0.15, -0.1) is 0 Å². The Balaban J connectivity index is 2.53. The highest BCUT2D eigenvalue weighted by Crippen LogP contribution is 2.02. The quantitative estimate of drug-likeness (QED) is 0.792. The maximum Gasteiger partial charge on any atom is 0.254 e. The van der Waals surface area contributed by atoms with Crippen LogP contribution in [0.4, 0.5) is 0 Å². The molecule has 2 N–H and O–H groups in total. The van der Waals surface area contributed by atoms with E-state index in [0.29, 0.717) is 12.0 Å². The summed E-state index contributed by atoms with van der Waals surface area (Å²) in [6.07, 6.45) is 0.651. The van der Waals surface area contributed by atoms with E-state index in [2.05, 4.69) is 5.32 Å². The number of hydrogen-bond acceptors (Lipinski definition) is 3. The lowest BCUT2D eigenvalue weighted by atomic mass is 10.2. The van der Waals surface area contributed by atoms with Gasteiger partial charge in [0.05, 0.1) is 19.2 Å². The molecule has 0 aliphatic carbocycles. The summed E-state index contributed by atoms with van der Waals surface area (Å²) in [7, 11) is 1.58. The van der Waals surface area contributed by atoms with Gasteiger partial charge in [-0.25, -0.2) is 0 Å². The van der Waals surface area contributed by atoms with Crippen molar-refractivity contribution >= 4 is 11.8 Å². The van der Waals surface area contributed by atoms with Gasteiger partial charge in [0.1, 0.15) is 0 Å². The predicted molar refractivity (Wildman–Crippen MR) is 72.7 cm³/mol. The van der Waals surface area contributed by atoms with Crippen LogP contribution < -0.4 is 5.32 Å². The summed E-state index contributed by atoms with van der Waals surface area (Å²) in [4.78, 5) is 25.1. The van der Waals surface area contributed by atoms with Crippen LogP contribution in [-0.4, -0.2) is 48.1 Å². The molecule has 0 unspecified atom stereocenters. The minimum absolute atomic E-state index is 0.0236. The van der Waals surface area contributed by atoms with Crippen LogP contribution in [0, 0.1) is 0 Å². The van der Waals surface area contributed by atoms with Crippen LogP contribution in [0.1, 0.15) is 23.7 Å². The highest BCUT2D eigenvalue weighted by atomic mass is 16.3. The lowest BCUT2D eigenvalue weighted by molar-refractivity contribution is -0.122. The molecule has 0 fully saturated rings. The van der Waals surface area contributed by atoms with E-state index in [1.807, 2.05) is 13.0 Å². The van der Waals surface area contributed by atoms with Crippen LogP contribution in [0.2, 0.25) is 0 Å². The number of hydrogen-bond donors (Lipinski definition) is 2. The molecule has 0 radical (unpaired) electrons. The molecule has 1 aromatic rings. The van der Waals surface area contributed by atoms with Crippen molar-refractivity contribution in [3.8, 4) is 0 Å². The summed E-state index contributed by atoms with van der Waals surface area (Å²) >= 11 is 0. The predicted octanol–water partition coefficient (Wildman–Crippen LogP) is 0.646. The average molecular weight is 264 g/mol. The maximum atomic E-state index is 12.0. The number of rotatable bonds is 6. The van der Waals surface area contributed by atoms with Gasteiger partial charge >= 0.3 is 0 Å². The number of aliphatic hydroxyl groups excluding tert-OH is 1. The van der Waals surface area contributed by atoms with Crippen LogP contribution in [0.3, 0.4) is 0 Å². The van der Waals surface area contributed by atoms with Crippen molar-refractivity contribution in [2.45, 2.75) is 19.4 Å². The zero-order chi connectivity index (χ0) is 14.3. The summed E-state index contributed by atoms with van der Waals surface area (Å²) < 4.78 is 0. The average Bonchev–Trinajstić information content (AvgIpc) is 2.44. The minimum Gasteiger partial charge on any atom is -0.394 e. The molecule has 5 heteroatoms. The Bertz CT molecular complexity index is 416. The summed E-state index contributed by atoms with van der Waals surface area (Å²) in [6, 6.07) is 8.54. The van der Waals surface area contributed by atoms with Crippen molar-refractivity contribution in [1.82, 2.24) is 10.2 Å². The second-order valence-corrected chi connectivity index (χ2v) is 4.38. The minimum atomic E-state index is -0.271. The van der Waals surface area contributed by atoms with Gasteiger partial charge in [0.25, 0.3) is 5.91 Å². The van der Waals surface area contributed by atoms with Crippen molar-refractivity contribution in [3.63, 3.8) is 0 Å².